The molecular formula is C25H31FN6O. The Hall–Kier alpha value is -3.00. The highest BCUT2D eigenvalue weighted by atomic mass is 19.1. The van der Waals surface area contributed by atoms with Crippen LogP contribution in [0.5, 0.6) is 0 Å². The number of fused-ring (bicyclic) bond motifs is 1. The van der Waals surface area contributed by atoms with Gasteiger partial charge in [0.1, 0.15) is 0 Å². The fourth-order valence-corrected chi connectivity index (χ4v) is 4.89. The number of aryl methyl sites for hydroxylation is 1. The molecule has 1 atom stereocenters. The number of rotatable bonds is 6. The molecule has 3 heterocycles. The molecule has 2 aliphatic heterocycles. The lowest BCUT2D eigenvalue weighted by Gasteiger charge is -2.32. The topological polar surface area (TPSA) is 73.4 Å². The van der Waals surface area contributed by atoms with Crippen molar-refractivity contribution < 1.29 is 9.18 Å². The number of carbonyl (C=O) groups is 1. The van der Waals surface area contributed by atoms with Crippen molar-refractivity contribution in [2.45, 2.75) is 57.2 Å². The number of likely N-dealkylation sites (tertiary alicyclic amines) is 1. The van der Waals surface area contributed by atoms with Crippen LogP contribution >= 0.6 is 0 Å². The summed E-state index contributed by atoms with van der Waals surface area (Å²) in [4.78, 5) is 24.8. The third kappa shape index (κ3) is 5.16. The average molecular weight is 451 g/mol. The Morgan fingerprint density at radius 3 is 2.88 bits per heavy atom. The first-order valence-electron chi connectivity index (χ1n) is 11.9. The lowest BCUT2D eigenvalue weighted by atomic mass is 10.0. The molecule has 1 saturated carbocycles. The van der Waals surface area contributed by atoms with Crippen molar-refractivity contribution in [1.29, 1.82) is 0 Å². The van der Waals surface area contributed by atoms with Gasteiger partial charge in [0.05, 0.1) is 6.20 Å². The highest BCUT2D eigenvalue weighted by Crippen LogP contribution is 2.32. The van der Waals surface area contributed by atoms with Crippen LogP contribution in [-0.2, 0) is 17.8 Å². The molecule has 1 saturated heterocycles. The van der Waals surface area contributed by atoms with Crippen LogP contribution in [0.3, 0.4) is 0 Å². The summed E-state index contributed by atoms with van der Waals surface area (Å²) in [6.07, 6.45) is 9.09. The summed E-state index contributed by atoms with van der Waals surface area (Å²) in [5, 5.41) is 6.41. The molecule has 8 heteroatoms. The van der Waals surface area contributed by atoms with Gasteiger partial charge in [0, 0.05) is 37.4 Å². The monoisotopic (exact) mass is 450 g/mol. The first-order chi connectivity index (χ1) is 16.1. The predicted octanol–water partition coefficient (Wildman–Crippen LogP) is 3.86. The van der Waals surface area contributed by atoms with Crippen LogP contribution in [0.15, 0.2) is 37.1 Å². The number of nitrogens with one attached hydrogen (secondary N) is 2. The van der Waals surface area contributed by atoms with Crippen LogP contribution in [0, 0.1) is 5.82 Å². The van der Waals surface area contributed by atoms with Gasteiger partial charge >= 0.3 is 0 Å². The first-order valence-corrected chi connectivity index (χ1v) is 11.9. The van der Waals surface area contributed by atoms with Gasteiger partial charge in [0.25, 0.3) is 0 Å². The van der Waals surface area contributed by atoms with E-state index in [9.17, 15) is 9.18 Å². The van der Waals surface area contributed by atoms with Gasteiger partial charge in [-0.3, -0.25) is 9.69 Å². The van der Waals surface area contributed by atoms with Gasteiger partial charge in [-0.1, -0.05) is 12.6 Å². The fourth-order valence-electron chi connectivity index (χ4n) is 4.89. The van der Waals surface area contributed by atoms with E-state index in [-0.39, 0.29) is 17.8 Å². The smallest absolute Gasteiger partial charge is 0.246 e. The first kappa shape index (κ1) is 21.8. The average Bonchev–Trinajstić information content (AvgIpc) is 3.67. The maximum atomic E-state index is 14.4. The number of nitrogens with zero attached hydrogens (tertiary/aromatic N) is 4. The molecule has 0 radical (unpaired) electrons. The highest BCUT2D eigenvalue weighted by Gasteiger charge is 2.30. The third-order valence-electron chi connectivity index (χ3n) is 6.78. The summed E-state index contributed by atoms with van der Waals surface area (Å²) >= 11 is 0. The van der Waals surface area contributed by atoms with E-state index in [0.717, 1.165) is 44.1 Å². The quantitative estimate of drug-likeness (QED) is 0.651. The molecule has 2 N–H and O–H groups in total. The van der Waals surface area contributed by atoms with E-state index >= 15 is 0 Å². The minimum atomic E-state index is -0.505. The SMILES string of the molecule is C=CC(=O)N1CCCC(Nc2nc(Nc3ccc4c(c3)CCCN(C3CC3)C4)ncc2F)C1. The summed E-state index contributed by atoms with van der Waals surface area (Å²) < 4.78 is 14.4. The molecule has 1 aromatic carbocycles. The lowest BCUT2D eigenvalue weighted by Crippen LogP contribution is -2.44. The predicted molar refractivity (Wildman–Crippen MR) is 127 cm³/mol. The van der Waals surface area contributed by atoms with Gasteiger partial charge in [-0.25, -0.2) is 9.37 Å². The lowest BCUT2D eigenvalue weighted by molar-refractivity contribution is -0.127. The Bertz CT molecular complexity index is 1040. The zero-order valence-electron chi connectivity index (χ0n) is 18.9. The molecule has 2 fully saturated rings. The van der Waals surface area contributed by atoms with Gasteiger partial charge in [0.2, 0.25) is 11.9 Å². The minimum absolute atomic E-state index is 0.0678. The Morgan fingerprint density at radius 1 is 1.18 bits per heavy atom. The van der Waals surface area contributed by atoms with Crippen LogP contribution in [0.2, 0.25) is 0 Å². The largest absolute Gasteiger partial charge is 0.363 e. The van der Waals surface area contributed by atoms with E-state index < -0.39 is 5.82 Å². The Morgan fingerprint density at radius 2 is 2.06 bits per heavy atom. The number of anilines is 3. The van der Waals surface area contributed by atoms with E-state index in [0.29, 0.717) is 19.0 Å². The maximum Gasteiger partial charge on any atom is 0.246 e. The van der Waals surface area contributed by atoms with Crippen molar-refractivity contribution in [3.63, 3.8) is 0 Å². The number of carbonyl (C=O) groups excluding carboxylic acids is 1. The molecule has 1 unspecified atom stereocenters. The van der Waals surface area contributed by atoms with Crippen LogP contribution < -0.4 is 10.6 Å². The molecule has 7 nitrogen and oxygen atoms in total. The van der Waals surface area contributed by atoms with Crippen LogP contribution in [0.4, 0.5) is 21.8 Å². The second-order valence-electron chi connectivity index (χ2n) is 9.28. The summed E-state index contributed by atoms with van der Waals surface area (Å²) in [5.74, 6) is -0.104. The molecule has 174 valence electrons. The van der Waals surface area contributed by atoms with Crippen LogP contribution in [-0.4, -0.2) is 57.4 Å². The van der Waals surface area contributed by atoms with Gasteiger partial charge in [-0.2, -0.15) is 4.98 Å². The van der Waals surface area contributed by atoms with E-state index in [2.05, 4.69) is 50.3 Å². The zero-order chi connectivity index (χ0) is 22.8. The Kier molecular flexibility index (Phi) is 6.26. The summed E-state index contributed by atoms with van der Waals surface area (Å²) in [7, 11) is 0. The summed E-state index contributed by atoms with van der Waals surface area (Å²) in [6.45, 7) is 6.93. The molecule has 5 rings (SSSR count). The van der Waals surface area contributed by atoms with Gasteiger partial charge in [-0.05, 0) is 74.4 Å². The number of hydrogen-bond acceptors (Lipinski definition) is 6. The minimum Gasteiger partial charge on any atom is -0.363 e. The molecule has 1 aromatic heterocycles. The Balaban J connectivity index is 1.27. The number of benzene rings is 1. The van der Waals surface area contributed by atoms with E-state index in [1.165, 1.54) is 42.7 Å². The van der Waals surface area contributed by atoms with Crippen molar-refractivity contribution in [1.82, 2.24) is 19.8 Å². The second-order valence-corrected chi connectivity index (χ2v) is 9.28. The molecular weight excluding hydrogens is 419 g/mol. The highest BCUT2D eigenvalue weighted by molar-refractivity contribution is 5.87. The number of piperidine rings is 1. The normalized spacial score (nSPS) is 21.1. The molecule has 33 heavy (non-hydrogen) atoms. The van der Waals surface area contributed by atoms with Gasteiger partial charge in [-0.15, -0.1) is 0 Å². The van der Waals surface area contributed by atoms with E-state index in [1.807, 2.05) is 0 Å². The molecule has 2 aromatic rings. The van der Waals surface area contributed by atoms with Crippen molar-refractivity contribution in [2.24, 2.45) is 0 Å². The Labute approximate surface area is 194 Å². The molecule has 0 spiro atoms. The zero-order valence-corrected chi connectivity index (χ0v) is 18.9. The van der Waals surface area contributed by atoms with Gasteiger partial charge in [0.15, 0.2) is 11.6 Å². The number of halogens is 1. The van der Waals surface area contributed by atoms with Gasteiger partial charge < -0.3 is 15.5 Å². The maximum absolute atomic E-state index is 14.4. The molecule has 3 aliphatic rings. The molecule has 1 amide bonds. The standard InChI is InChI=1S/C25H31FN6O/c1-2-23(33)32-12-4-6-20(16-32)28-24-22(26)14-27-25(30-24)29-19-8-7-18-15-31(21-9-10-21)11-3-5-17(18)13-19/h2,7-8,13-14,20-21H,1,3-6,9-12,15-16H2,(H2,27,28,29,30). The third-order valence-corrected chi connectivity index (χ3v) is 6.78. The summed E-state index contributed by atoms with van der Waals surface area (Å²) in [6, 6.07) is 7.12. The van der Waals surface area contributed by atoms with Crippen LogP contribution in [0.25, 0.3) is 0 Å². The van der Waals surface area contributed by atoms with E-state index in [1.54, 1.807) is 4.90 Å². The number of amides is 1. The fraction of sp³-hybridized carbons (Fsp3) is 0.480. The summed E-state index contributed by atoms with van der Waals surface area (Å²) in [5.41, 5.74) is 3.66. The van der Waals surface area contributed by atoms with Crippen molar-refractivity contribution >= 4 is 23.4 Å². The molecule has 0 bridgehead atoms. The van der Waals surface area contributed by atoms with Crippen molar-refractivity contribution in [2.75, 3.05) is 30.3 Å². The number of aromatic nitrogens is 2. The second kappa shape index (κ2) is 9.47. The molecule has 1 aliphatic carbocycles. The van der Waals surface area contributed by atoms with Crippen molar-refractivity contribution in [3.8, 4) is 0 Å². The number of hydrogen-bond donors (Lipinski definition) is 2. The van der Waals surface area contributed by atoms with Crippen LogP contribution in [0.1, 0.15) is 43.2 Å². The van der Waals surface area contributed by atoms with Crippen molar-refractivity contribution in [3.05, 3.63) is 54.0 Å². The van der Waals surface area contributed by atoms with E-state index in [4.69, 9.17) is 0 Å².